The molecule has 1 unspecified atom stereocenters. The second kappa shape index (κ2) is 10.8. The summed E-state index contributed by atoms with van der Waals surface area (Å²) in [7, 11) is 0. The van der Waals surface area contributed by atoms with E-state index >= 15 is 0 Å². The fraction of sp³-hybridized carbons (Fsp3) is 0.303. The highest BCUT2D eigenvalue weighted by Crippen LogP contribution is 2.51. The number of aromatic nitrogens is 1. The average Bonchev–Trinajstić information content (AvgIpc) is 2.89. The minimum absolute atomic E-state index is 0.0390. The molecule has 7 heteroatoms. The molecule has 1 aromatic heterocycles. The van der Waals surface area contributed by atoms with Crippen molar-refractivity contribution in [2.75, 3.05) is 4.90 Å². The molecule has 2 heterocycles. The Morgan fingerprint density at radius 2 is 1.85 bits per heavy atom. The Labute approximate surface area is 245 Å². The fourth-order valence-electron chi connectivity index (χ4n) is 5.82. The monoisotopic (exact) mass is 568 g/mol. The van der Waals surface area contributed by atoms with E-state index in [1.165, 1.54) is 21.6 Å². The van der Waals surface area contributed by atoms with Gasteiger partial charge in [-0.3, -0.25) is 9.69 Å². The van der Waals surface area contributed by atoms with Crippen LogP contribution in [0.1, 0.15) is 60.4 Å². The van der Waals surface area contributed by atoms with Gasteiger partial charge in [0.15, 0.2) is 10.9 Å². The summed E-state index contributed by atoms with van der Waals surface area (Å²) >= 11 is 8.32. The van der Waals surface area contributed by atoms with Crippen molar-refractivity contribution in [2.45, 2.75) is 64.0 Å². The molecule has 2 aliphatic rings. The molecular weight excluding hydrogens is 536 g/mol. The van der Waals surface area contributed by atoms with E-state index in [0.717, 1.165) is 22.6 Å². The zero-order chi connectivity index (χ0) is 28.8. The van der Waals surface area contributed by atoms with Crippen LogP contribution < -0.4 is 10.6 Å². The lowest BCUT2D eigenvalue weighted by Crippen LogP contribution is -2.42. The lowest BCUT2D eigenvalue weighted by Gasteiger charge is -2.44. The van der Waals surface area contributed by atoms with Crippen LogP contribution >= 0.6 is 23.4 Å². The summed E-state index contributed by atoms with van der Waals surface area (Å²) in [5.41, 5.74) is 14.5. The number of Topliss-reactive ketones (excluding diaryl/α,β-unsaturated/α-hetero) is 1. The predicted molar refractivity (Wildman–Crippen MR) is 163 cm³/mol. The minimum Gasteiger partial charge on any atom is -0.384 e. The molecule has 0 bridgehead atoms. The molecule has 0 amide bonds. The Kier molecular flexibility index (Phi) is 7.56. The first-order valence-corrected chi connectivity index (χ1v) is 14.7. The number of carbonyl (C=O) groups excluding carboxylic acids is 1. The first-order valence-electron chi connectivity index (χ1n) is 13.4. The van der Waals surface area contributed by atoms with E-state index in [-0.39, 0.29) is 16.4 Å². The number of benzene rings is 2. The molecular formula is C33H33ClN4OS. The summed E-state index contributed by atoms with van der Waals surface area (Å²) in [5, 5.41) is 10.8. The number of nitrogens with two attached hydrogens (primary N) is 1. The molecule has 5 rings (SSSR count). The van der Waals surface area contributed by atoms with Crippen LogP contribution in [-0.2, 0) is 10.5 Å². The van der Waals surface area contributed by atoms with Gasteiger partial charge in [-0.15, -0.1) is 11.8 Å². The Hall–Kier alpha value is -3.53. The fourth-order valence-corrected chi connectivity index (χ4v) is 6.98. The number of rotatable bonds is 5. The molecule has 2 N–H and O–H groups in total. The summed E-state index contributed by atoms with van der Waals surface area (Å²) in [6.07, 6.45) is 2.63. The summed E-state index contributed by atoms with van der Waals surface area (Å²) < 4.78 is 0. The van der Waals surface area contributed by atoms with E-state index in [1.54, 1.807) is 28.9 Å². The molecule has 40 heavy (non-hydrogen) atoms. The number of ketones is 1. The van der Waals surface area contributed by atoms with Crippen LogP contribution in [0.15, 0.2) is 82.3 Å². The topological polar surface area (TPSA) is 83.0 Å². The molecule has 3 aromatic rings. The molecule has 1 atom stereocenters. The number of anilines is 1. The maximum absolute atomic E-state index is 13.9. The molecule has 204 valence electrons. The summed E-state index contributed by atoms with van der Waals surface area (Å²) in [6.45, 7) is 10.4. The highest BCUT2D eigenvalue weighted by Gasteiger charge is 2.45. The molecule has 0 fully saturated rings. The summed E-state index contributed by atoms with van der Waals surface area (Å²) in [5.74, 6) is 0.568. The summed E-state index contributed by atoms with van der Waals surface area (Å²) in [4.78, 5) is 21.2. The van der Waals surface area contributed by atoms with Crippen LogP contribution in [0.4, 0.5) is 5.69 Å². The zero-order valence-corrected chi connectivity index (χ0v) is 25.1. The third-order valence-corrected chi connectivity index (χ3v) is 9.16. The zero-order valence-electron chi connectivity index (χ0n) is 23.5. The van der Waals surface area contributed by atoms with Crippen LogP contribution in [-0.4, -0.2) is 10.8 Å². The third-order valence-electron chi connectivity index (χ3n) is 7.81. The Morgan fingerprint density at radius 1 is 1.12 bits per heavy atom. The Balaban J connectivity index is 1.67. The van der Waals surface area contributed by atoms with Gasteiger partial charge in [-0.2, -0.15) is 5.26 Å². The van der Waals surface area contributed by atoms with Gasteiger partial charge in [0.05, 0.1) is 23.2 Å². The van der Waals surface area contributed by atoms with Crippen molar-refractivity contribution >= 4 is 34.8 Å². The number of carbonyl (C=O) groups is 1. The maximum atomic E-state index is 13.9. The van der Waals surface area contributed by atoms with Gasteiger partial charge in [0.2, 0.25) is 0 Å². The predicted octanol–water partition coefficient (Wildman–Crippen LogP) is 7.89. The van der Waals surface area contributed by atoms with Crippen molar-refractivity contribution < 1.29 is 4.79 Å². The van der Waals surface area contributed by atoms with Gasteiger partial charge in [0, 0.05) is 34.5 Å². The number of aryl methyl sites for hydroxylation is 3. The summed E-state index contributed by atoms with van der Waals surface area (Å²) in [6, 6.07) is 18.8. The average molecular weight is 569 g/mol. The second-order valence-electron chi connectivity index (χ2n) is 11.5. The van der Waals surface area contributed by atoms with Crippen LogP contribution in [0.25, 0.3) is 0 Å². The van der Waals surface area contributed by atoms with Crippen LogP contribution in [0.5, 0.6) is 0 Å². The lowest BCUT2D eigenvalue weighted by molar-refractivity contribution is -0.118. The maximum Gasteiger partial charge on any atom is 0.162 e. The number of pyridine rings is 1. The van der Waals surface area contributed by atoms with Crippen molar-refractivity contribution in [2.24, 2.45) is 11.1 Å². The lowest BCUT2D eigenvalue weighted by atomic mass is 9.68. The van der Waals surface area contributed by atoms with Gasteiger partial charge in [0.1, 0.15) is 5.82 Å². The van der Waals surface area contributed by atoms with Crippen molar-refractivity contribution in [1.82, 2.24) is 4.98 Å². The van der Waals surface area contributed by atoms with Crippen LogP contribution in [0.2, 0.25) is 5.15 Å². The molecule has 1 aliphatic carbocycles. The van der Waals surface area contributed by atoms with Crippen molar-refractivity contribution in [3.63, 3.8) is 0 Å². The number of hydrogen-bond donors (Lipinski definition) is 1. The molecule has 5 nitrogen and oxygen atoms in total. The number of thioether (sulfide) groups is 1. The van der Waals surface area contributed by atoms with E-state index < -0.39 is 5.92 Å². The number of halogens is 1. The standard InChI is InChI=1S/C33H33ClN4OS/c1-19-8-10-23(11-9-19)40-18-22-14-24(21(3)13-20(22)2)29-25(17-35)32(36)38(26-7-6-12-37-31(26)34)27-15-33(4,5)16-28(39)30(27)29/h6-14,29H,15-16,18,36H2,1-5H3. The molecule has 0 spiro atoms. The Morgan fingerprint density at radius 3 is 2.52 bits per heavy atom. The SMILES string of the molecule is Cc1ccc(SCc2cc(C3C(C#N)=C(N)N(c4cccnc4Cl)C4=C3C(=O)CC(C)(C)C4)c(C)cc2C)cc1. The van der Waals surface area contributed by atoms with Gasteiger partial charge in [-0.05, 0) is 79.1 Å². The van der Waals surface area contributed by atoms with E-state index in [9.17, 15) is 10.1 Å². The van der Waals surface area contributed by atoms with Crippen molar-refractivity contribution in [3.05, 3.63) is 110 Å². The van der Waals surface area contributed by atoms with E-state index in [0.29, 0.717) is 35.5 Å². The number of allylic oxidation sites excluding steroid dienone is 3. The number of nitriles is 1. The molecule has 0 radical (unpaired) electrons. The number of hydrogen-bond acceptors (Lipinski definition) is 6. The van der Waals surface area contributed by atoms with Gasteiger partial charge in [0.25, 0.3) is 0 Å². The van der Waals surface area contributed by atoms with E-state index in [1.807, 2.05) is 13.0 Å². The normalized spacial score (nSPS) is 18.6. The van der Waals surface area contributed by atoms with Crippen molar-refractivity contribution in [1.29, 1.82) is 5.26 Å². The highest BCUT2D eigenvalue weighted by atomic mass is 35.5. The molecule has 1 aliphatic heterocycles. The third kappa shape index (κ3) is 5.16. The van der Waals surface area contributed by atoms with Crippen LogP contribution in [0.3, 0.4) is 0 Å². The van der Waals surface area contributed by atoms with Crippen molar-refractivity contribution in [3.8, 4) is 6.07 Å². The molecule has 0 saturated heterocycles. The highest BCUT2D eigenvalue weighted by molar-refractivity contribution is 7.98. The molecule has 0 saturated carbocycles. The first kappa shape index (κ1) is 28.0. The van der Waals surface area contributed by atoms with E-state index in [4.69, 9.17) is 17.3 Å². The number of nitrogens with zero attached hydrogens (tertiary/aromatic N) is 3. The quantitative estimate of drug-likeness (QED) is 0.249. The van der Waals surface area contributed by atoms with Gasteiger partial charge < -0.3 is 5.73 Å². The van der Waals surface area contributed by atoms with Gasteiger partial charge >= 0.3 is 0 Å². The molecule has 2 aromatic carbocycles. The van der Waals surface area contributed by atoms with Gasteiger partial charge in [-0.25, -0.2) is 4.98 Å². The van der Waals surface area contributed by atoms with Gasteiger partial charge in [-0.1, -0.05) is 55.3 Å². The van der Waals surface area contributed by atoms with Crippen LogP contribution in [0, 0.1) is 37.5 Å². The minimum atomic E-state index is -0.543. The first-order chi connectivity index (χ1) is 19.0. The van der Waals surface area contributed by atoms with E-state index in [2.05, 4.69) is 75.1 Å². The Bertz CT molecular complexity index is 1610. The smallest absolute Gasteiger partial charge is 0.162 e. The largest absolute Gasteiger partial charge is 0.384 e. The second-order valence-corrected chi connectivity index (χ2v) is 12.9.